The van der Waals surface area contributed by atoms with E-state index in [1.54, 1.807) is 35.2 Å². The number of hydrogen-bond donors (Lipinski definition) is 0. The first kappa shape index (κ1) is 22.8. The van der Waals surface area contributed by atoms with E-state index in [2.05, 4.69) is 0 Å². The molecule has 1 saturated heterocycles. The van der Waals surface area contributed by atoms with Crippen molar-refractivity contribution in [2.24, 2.45) is 0 Å². The number of ether oxygens (including phenoxy) is 1. The van der Waals surface area contributed by atoms with Gasteiger partial charge in [0.05, 0.1) is 26.3 Å². The SMILES string of the molecule is CC(=O)N(CCOCc1ccccc1F)CC1N(C(C)C)C(=O)CN(C)N1C=O. The Hall–Kier alpha value is -2.52. The molecule has 0 saturated carbocycles. The van der Waals surface area contributed by atoms with Crippen LogP contribution >= 0.6 is 0 Å². The highest BCUT2D eigenvalue weighted by Gasteiger charge is 2.39. The Kier molecular flexibility index (Phi) is 8.10. The predicted molar refractivity (Wildman–Crippen MR) is 105 cm³/mol. The molecule has 0 bridgehead atoms. The van der Waals surface area contributed by atoms with Gasteiger partial charge in [0, 0.05) is 32.1 Å². The molecule has 0 aromatic heterocycles. The van der Waals surface area contributed by atoms with E-state index in [9.17, 15) is 18.8 Å². The molecule has 1 heterocycles. The van der Waals surface area contributed by atoms with Crippen molar-refractivity contribution in [1.29, 1.82) is 0 Å². The molecule has 0 radical (unpaired) electrons. The standard InChI is InChI=1S/C20H29FN4O4/c1-15(2)25-19(24(14-26)22(4)12-20(25)28)11-23(16(3)27)9-10-29-13-17-7-5-6-8-18(17)21/h5-8,14-15,19H,9-13H2,1-4H3. The van der Waals surface area contributed by atoms with Crippen LogP contribution in [0.4, 0.5) is 4.39 Å². The number of rotatable bonds is 9. The van der Waals surface area contributed by atoms with E-state index in [1.165, 1.54) is 22.9 Å². The number of carbonyl (C=O) groups excluding carboxylic acids is 3. The zero-order chi connectivity index (χ0) is 21.6. The molecule has 0 spiro atoms. The summed E-state index contributed by atoms with van der Waals surface area (Å²) < 4.78 is 19.2. The van der Waals surface area contributed by atoms with Crippen LogP contribution in [0.5, 0.6) is 0 Å². The van der Waals surface area contributed by atoms with Crippen LogP contribution in [0.15, 0.2) is 24.3 Å². The van der Waals surface area contributed by atoms with E-state index < -0.39 is 6.17 Å². The Bertz CT molecular complexity index is 730. The van der Waals surface area contributed by atoms with Gasteiger partial charge in [-0.3, -0.25) is 19.4 Å². The molecule has 1 aliphatic rings. The lowest BCUT2D eigenvalue weighted by molar-refractivity contribution is -0.183. The highest BCUT2D eigenvalue weighted by molar-refractivity contribution is 5.80. The quantitative estimate of drug-likeness (QED) is 0.452. The second-order valence-electron chi connectivity index (χ2n) is 7.29. The van der Waals surface area contributed by atoms with Crippen LogP contribution in [0, 0.1) is 5.82 Å². The Balaban J connectivity index is 2.03. The summed E-state index contributed by atoms with van der Waals surface area (Å²) in [5.41, 5.74) is 0.444. The molecule has 9 heteroatoms. The Morgan fingerprint density at radius 1 is 1.38 bits per heavy atom. The molecule has 0 aliphatic carbocycles. The molecular weight excluding hydrogens is 379 g/mol. The molecule has 1 atom stereocenters. The van der Waals surface area contributed by atoms with E-state index in [4.69, 9.17) is 4.74 Å². The Morgan fingerprint density at radius 2 is 2.07 bits per heavy atom. The summed E-state index contributed by atoms with van der Waals surface area (Å²) >= 11 is 0. The van der Waals surface area contributed by atoms with Crippen LogP contribution < -0.4 is 0 Å². The number of nitrogens with zero attached hydrogens (tertiary/aromatic N) is 4. The van der Waals surface area contributed by atoms with Gasteiger partial charge in [0.1, 0.15) is 12.0 Å². The van der Waals surface area contributed by atoms with Gasteiger partial charge in [-0.15, -0.1) is 0 Å². The molecule has 8 nitrogen and oxygen atoms in total. The fourth-order valence-electron chi connectivity index (χ4n) is 3.38. The molecule has 1 aromatic carbocycles. The number of carbonyl (C=O) groups is 3. The lowest BCUT2D eigenvalue weighted by atomic mass is 10.2. The maximum atomic E-state index is 13.7. The van der Waals surface area contributed by atoms with Crippen molar-refractivity contribution >= 4 is 18.2 Å². The molecule has 29 heavy (non-hydrogen) atoms. The van der Waals surface area contributed by atoms with Gasteiger partial charge in [0.2, 0.25) is 18.2 Å². The molecule has 1 aromatic rings. The summed E-state index contributed by atoms with van der Waals surface area (Å²) in [7, 11) is 1.66. The molecule has 0 N–H and O–H groups in total. The van der Waals surface area contributed by atoms with Crippen molar-refractivity contribution in [2.45, 2.75) is 39.6 Å². The molecule has 2 rings (SSSR count). The minimum atomic E-state index is -0.603. The van der Waals surface area contributed by atoms with Crippen molar-refractivity contribution in [2.75, 3.05) is 33.3 Å². The van der Waals surface area contributed by atoms with Gasteiger partial charge in [0.25, 0.3) is 0 Å². The zero-order valence-corrected chi connectivity index (χ0v) is 17.4. The number of halogens is 1. The molecule has 3 amide bonds. The largest absolute Gasteiger partial charge is 0.375 e. The van der Waals surface area contributed by atoms with Gasteiger partial charge in [-0.05, 0) is 19.9 Å². The summed E-state index contributed by atoms with van der Waals surface area (Å²) in [4.78, 5) is 39.4. The predicted octanol–water partition coefficient (Wildman–Crippen LogP) is 1.07. The number of likely N-dealkylation sites (N-methyl/N-ethyl adjacent to an activating group) is 1. The Labute approximate surface area is 170 Å². The summed E-state index contributed by atoms with van der Waals surface area (Å²) in [6.07, 6.45) is 0.0636. The summed E-state index contributed by atoms with van der Waals surface area (Å²) in [5.74, 6) is -0.645. The van der Waals surface area contributed by atoms with Crippen LogP contribution in [-0.2, 0) is 25.7 Å². The van der Waals surface area contributed by atoms with Crippen molar-refractivity contribution in [3.63, 3.8) is 0 Å². The third-order valence-corrected chi connectivity index (χ3v) is 4.89. The molecule has 1 aliphatic heterocycles. The van der Waals surface area contributed by atoms with Gasteiger partial charge < -0.3 is 14.5 Å². The molecular formula is C20H29FN4O4. The van der Waals surface area contributed by atoms with Crippen LogP contribution in [0.25, 0.3) is 0 Å². The molecule has 160 valence electrons. The van der Waals surface area contributed by atoms with Gasteiger partial charge in [-0.25, -0.2) is 9.40 Å². The first-order valence-corrected chi connectivity index (χ1v) is 9.58. The topological polar surface area (TPSA) is 73.4 Å². The lowest BCUT2D eigenvalue weighted by Gasteiger charge is -2.49. The number of hydrazine groups is 1. The van der Waals surface area contributed by atoms with E-state index in [-0.39, 0.29) is 56.5 Å². The third kappa shape index (κ3) is 5.74. The van der Waals surface area contributed by atoms with Crippen LogP contribution in [0.3, 0.4) is 0 Å². The smallest absolute Gasteiger partial charge is 0.240 e. The monoisotopic (exact) mass is 408 g/mol. The van der Waals surface area contributed by atoms with E-state index in [0.29, 0.717) is 12.0 Å². The van der Waals surface area contributed by atoms with Crippen LogP contribution in [0.2, 0.25) is 0 Å². The average molecular weight is 408 g/mol. The van der Waals surface area contributed by atoms with Gasteiger partial charge >= 0.3 is 0 Å². The maximum Gasteiger partial charge on any atom is 0.240 e. The van der Waals surface area contributed by atoms with Crippen molar-refractivity contribution < 1.29 is 23.5 Å². The zero-order valence-electron chi connectivity index (χ0n) is 17.4. The van der Waals surface area contributed by atoms with Gasteiger partial charge in [-0.2, -0.15) is 0 Å². The fraction of sp³-hybridized carbons (Fsp3) is 0.550. The summed E-state index contributed by atoms with van der Waals surface area (Å²) in [6.45, 7) is 5.98. The molecule has 1 fully saturated rings. The van der Waals surface area contributed by atoms with Crippen molar-refractivity contribution in [3.05, 3.63) is 35.6 Å². The Morgan fingerprint density at radius 3 is 2.66 bits per heavy atom. The van der Waals surface area contributed by atoms with Crippen LogP contribution in [0.1, 0.15) is 26.3 Å². The fourth-order valence-corrected chi connectivity index (χ4v) is 3.38. The normalized spacial score (nSPS) is 17.7. The first-order valence-electron chi connectivity index (χ1n) is 9.58. The summed E-state index contributed by atoms with van der Waals surface area (Å²) in [6, 6.07) is 6.22. The first-order chi connectivity index (χ1) is 13.8. The highest BCUT2D eigenvalue weighted by atomic mass is 19.1. The second-order valence-corrected chi connectivity index (χ2v) is 7.29. The van der Waals surface area contributed by atoms with E-state index in [1.807, 2.05) is 13.8 Å². The lowest BCUT2D eigenvalue weighted by Crippen LogP contribution is -2.68. The van der Waals surface area contributed by atoms with E-state index >= 15 is 0 Å². The average Bonchev–Trinajstić information content (AvgIpc) is 2.64. The maximum absolute atomic E-state index is 13.7. The van der Waals surface area contributed by atoms with E-state index in [0.717, 1.165) is 0 Å². The number of hydrogen-bond acceptors (Lipinski definition) is 5. The minimum Gasteiger partial charge on any atom is -0.375 e. The minimum absolute atomic E-state index is 0.0965. The molecule has 1 unspecified atom stereocenters. The third-order valence-electron chi connectivity index (χ3n) is 4.89. The van der Waals surface area contributed by atoms with Crippen molar-refractivity contribution in [3.8, 4) is 0 Å². The van der Waals surface area contributed by atoms with Crippen molar-refractivity contribution in [1.82, 2.24) is 19.8 Å². The second kappa shape index (κ2) is 10.3. The number of benzene rings is 1. The van der Waals surface area contributed by atoms with Crippen LogP contribution in [-0.4, -0.2) is 83.5 Å². The van der Waals surface area contributed by atoms with Gasteiger partial charge in [0.15, 0.2) is 0 Å². The highest BCUT2D eigenvalue weighted by Crippen LogP contribution is 2.19. The summed E-state index contributed by atoms with van der Waals surface area (Å²) in [5, 5.41) is 2.98. The van der Waals surface area contributed by atoms with Gasteiger partial charge in [-0.1, -0.05) is 18.2 Å². The number of amides is 3.